The van der Waals surface area contributed by atoms with E-state index in [2.05, 4.69) is 25.7 Å². The highest BCUT2D eigenvalue weighted by Gasteiger charge is 2.34. The molecule has 4 aromatic rings. The standard InChI is InChI=1S/C27H28ClN7O2/c1-18-5-11-22(12-6-18)35(24(19-13-15-29-16-14-19)26(37)30-27(2,3)4)23(36)17-34-32-25(31-33-34)20-7-9-21(28)10-8-20/h5-16,24H,17H2,1-4H3,(H,30,37)/t24-/m0/s1. The van der Waals surface area contributed by atoms with E-state index in [0.717, 1.165) is 11.1 Å². The second-order valence-electron chi connectivity index (χ2n) is 9.67. The molecule has 2 aromatic carbocycles. The van der Waals surface area contributed by atoms with Gasteiger partial charge in [0, 0.05) is 34.2 Å². The molecule has 4 rings (SSSR count). The Labute approximate surface area is 220 Å². The predicted molar refractivity (Wildman–Crippen MR) is 142 cm³/mol. The Balaban J connectivity index is 1.72. The molecule has 0 saturated carbocycles. The monoisotopic (exact) mass is 517 g/mol. The van der Waals surface area contributed by atoms with Crippen molar-refractivity contribution in [1.29, 1.82) is 0 Å². The number of carbonyl (C=O) groups excluding carboxylic acids is 2. The number of nitrogens with zero attached hydrogens (tertiary/aromatic N) is 6. The van der Waals surface area contributed by atoms with Gasteiger partial charge in [-0.1, -0.05) is 29.3 Å². The van der Waals surface area contributed by atoms with E-state index in [1.165, 1.54) is 9.70 Å². The van der Waals surface area contributed by atoms with Crippen molar-refractivity contribution in [3.8, 4) is 11.4 Å². The molecule has 0 aliphatic carbocycles. The second kappa shape index (κ2) is 10.9. The molecule has 0 bridgehead atoms. The average molecular weight is 518 g/mol. The maximum atomic E-state index is 13.9. The lowest BCUT2D eigenvalue weighted by Crippen LogP contribution is -2.50. The summed E-state index contributed by atoms with van der Waals surface area (Å²) < 4.78 is 0. The van der Waals surface area contributed by atoms with Crippen LogP contribution in [0.2, 0.25) is 5.02 Å². The highest BCUT2D eigenvalue weighted by molar-refractivity contribution is 6.30. The van der Waals surface area contributed by atoms with Gasteiger partial charge in [0.25, 0.3) is 5.91 Å². The van der Waals surface area contributed by atoms with E-state index < -0.39 is 11.6 Å². The molecule has 0 aliphatic heterocycles. The van der Waals surface area contributed by atoms with Gasteiger partial charge in [0.2, 0.25) is 11.7 Å². The average Bonchev–Trinajstić information content (AvgIpc) is 3.31. The van der Waals surface area contributed by atoms with Crippen LogP contribution in [0.5, 0.6) is 0 Å². The third-order valence-corrected chi connectivity index (χ3v) is 5.69. The molecule has 0 unspecified atom stereocenters. The molecule has 0 fully saturated rings. The number of hydrogen-bond donors (Lipinski definition) is 1. The lowest BCUT2D eigenvalue weighted by Gasteiger charge is -2.33. The summed E-state index contributed by atoms with van der Waals surface area (Å²) in [6.07, 6.45) is 3.20. The predicted octanol–water partition coefficient (Wildman–Crippen LogP) is 4.39. The number of nitrogens with one attached hydrogen (secondary N) is 1. The van der Waals surface area contributed by atoms with Crippen molar-refractivity contribution in [3.05, 3.63) is 89.2 Å². The Hall–Kier alpha value is -4.11. The zero-order valence-corrected chi connectivity index (χ0v) is 21.8. The first-order valence-corrected chi connectivity index (χ1v) is 12.1. The van der Waals surface area contributed by atoms with Crippen molar-refractivity contribution >= 4 is 29.1 Å². The number of carbonyl (C=O) groups is 2. The number of benzene rings is 2. The van der Waals surface area contributed by atoms with Crippen LogP contribution in [0.15, 0.2) is 73.1 Å². The molecule has 0 radical (unpaired) electrons. The molecule has 0 aliphatic rings. The van der Waals surface area contributed by atoms with Gasteiger partial charge in [0.05, 0.1) is 0 Å². The van der Waals surface area contributed by atoms with Crippen LogP contribution >= 0.6 is 11.6 Å². The molecule has 2 amide bonds. The fourth-order valence-corrected chi connectivity index (χ4v) is 3.89. The van der Waals surface area contributed by atoms with Crippen molar-refractivity contribution in [2.24, 2.45) is 0 Å². The van der Waals surface area contributed by atoms with Crippen LogP contribution < -0.4 is 10.2 Å². The number of anilines is 1. The third-order valence-electron chi connectivity index (χ3n) is 5.44. The van der Waals surface area contributed by atoms with Gasteiger partial charge in [-0.2, -0.15) is 4.80 Å². The minimum atomic E-state index is -0.948. The molecular formula is C27H28ClN7O2. The van der Waals surface area contributed by atoms with E-state index >= 15 is 0 Å². The van der Waals surface area contributed by atoms with Crippen LogP contribution in [0.1, 0.15) is 37.9 Å². The minimum Gasteiger partial charge on any atom is -0.349 e. The summed E-state index contributed by atoms with van der Waals surface area (Å²) in [5, 5.41) is 16.1. The number of aromatic nitrogens is 5. The maximum absolute atomic E-state index is 13.9. The second-order valence-corrected chi connectivity index (χ2v) is 10.1. The number of amides is 2. The van der Waals surface area contributed by atoms with Gasteiger partial charge in [-0.3, -0.25) is 19.5 Å². The molecule has 0 saturated heterocycles. The number of pyridine rings is 1. The van der Waals surface area contributed by atoms with E-state index in [-0.39, 0.29) is 18.4 Å². The topological polar surface area (TPSA) is 106 Å². The van der Waals surface area contributed by atoms with E-state index in [1.54, 1.807) is 48.8 Å². The lowest BCUT2D eigenvalue weighted by molar-refractivity contribution is -0.128. The molecule has 9 nitrogen and oxygen atoms in total. The van der Waals surface area contributed by atoms with Gasteiger partial charge < -0.3 is 5.32 Å². The van der Waals surface area contributed by atoms with Crippen LogP contribution in [-0.4, -0.2) is 42.5 Å². The molecule has 1 atom stereocenters. The third kappa shape index (κ3) is 6.56. The zero-order valence-electron chi connectivity index (χ0n) is 21.1. The quantitative estimate of drug-likeness (QED) is 0.390. The molecule has 10 heteroatoms. The van der Waals surface area contributed by atoms with Crippen molar-refractivity contribution in [2.45, 2.75) is 45.8 Å². The van der Waals surface area contributed by atoms with Crippen molar-refractivity contribution < 1.29 is 9.59 Å². The van der Waals surface area contributed by atoms with Crippen molar-refractivity contribution in [1.82, 2.24) is 30.5 Å². The normalized spacial score (nSPS) is 12.1. The van der Waals surface area contributed by atoms with Gasteiger partial charge >= 0.3 is 0 Å². The first-order valence-electron chi connectivity index (χ1n) is 11.8. The van der Waals surface area contributed by atoms with Crippen LogP contribution in [0, 0.1) is 6.92 Å². The van der Waals surface area contributed by atoms with Crippen LogP contribution in [0.4, 0.5) is 5.69 Å². The number of aryl methyl sites for hydroxylation is 1. The van der Waals surface area contributed by atoms with Crippen molar-refractivity contribution in [3.63, 3.8) is 0 Å². The smallest absolute Gasteiger partial charge is 0.251 e. The number of halogens is 1. The fraction of sp³-hybridized carbons (Fsp3) is 0.259. The lowest BCUT2D eigenvalue weighted by atomic mass is 10.0. The Kier molecular flexibility index (Phi) is 7.63. The summed E-state index contributed by atoms with van der Waals surface area (Å²) in [5.41, 5.74) is 2.43. The maximum Gasteiger partial charge on any atom is 0.251 e. The van der Waals surface area contributed by atoms with E-state index in [1.807, 2.05) is 52.0 Å². The van der Waals surface area contributed by atoms with Gasteiger partial charge in [0.15, 0.2) is 0 Å². The zero-order chi connectivity index (χ0) is 26.6. The minimum absolute atomic E-state index is 0.223. The number of tetrazole rings is 1. The highest BCUT2D eigenvalue weighted by atomic mass is 35.5. The highest BCUT2D eigenvalue weighted by Crippen LogP contribution is 2.29. The fourth-order valence-electron chi connectivity index (χ4n) is 3.77. The summed E-state index contributed by atoms with van der Waals surface area (Å²) >= 11 is 5.97. The Bertz CT molecular complexity index is 1360. The summed E-state index contributed by atoms with van der Waals surface area (Å²) in [4.78, 5) is 34.3. The summed E-state index contributed by atoms with van der Waals surface area (Å²) in [7, 11) is 0. The Morgan fingerprint density at radius 2 is 1.65 bits per heavy atom. The largest absolute Gasteiger partial charge is 0.349 e. The van der Waals surface area contributed by atoms with Crippen molar-refractivity contribution in [2.75, 3.05) is 4.90 Å². The molecule has 1 N–H and O–H groups in total. The van der Waals surface area contributed by atoms with Gasteiger partial charge in [-0.05, 0) is 87.0 Å². The number of hydrogen-bond acceptors (Lipinski definition) is 6. The molecule has 37 heavy (non-hydrogen) atoms. The van der Waals surface area contributed by atoms with Crippen LogP contribution in [0.3, 0.4) is 0 Å². The number of rotatable bonds is 7. The summed E-state index contributed by atoms with van der Waals surface area (Å²) in [5.74, 6) is -0.335. The van der Waals surface area contributed by atoms with Gasteiger partial charge in [-0.25, -0.2) is 0 Å². The van der Waals surface area contributed by atoms with Crippen LogP contribution in [0.25, 0.3) is 11.4 Å². The molecule has 190 valence electrons. The summed E-state index contributed by atoms with van der Waals surface area (Å²) in [6, 6.07) is 17.0. The van der Waals surface area contributed by atoms with E-state index in [4.69, 9.17) is 11.6 Å². The SMILES string of the molecule is Cc1ccc(N(C(=O)Cn2nnc(-c3ccc(Cl)cc3)n2)[C@H](C(=O)NC(C)(C)C)c2ccncc2)cc1. The van der Waals surface area contributed by atoms with Crippen LogP contribution in [-0.2, 0) is 16.1 Å². The van der Waals surface area contributed by atoms with E-state index in [9.17, 15) is 9.59 Å². The molecule has 2 heterocycles. The molecular weight excluding hydrogens is 490 g/mol. The molecule has 0 spiro atoms. The molecule has 2 aromatic heterocycles. The summed E-state index contributed by atoms with van der Waals surface area (Å²) in [6.45, 7) is 7.41. The van der Waals surface area contributed by atoms with Gasteiger partial charge in [-0.15, -0.1) is 10.2 Å². The Morgan fingerprint density at radius 3 is 2.27 bits per heavy atom. The first kappa shape index (κ1) is 26.0. The Morgan fingerprint density at radius 1 is 1.00 bits per heavy atom. The van der Waals surface area contributed by atoms with Gasteiger partial charge in [0.1, 0.15) is 12.6 Å². The van der Waals surface area contributed by atoms with E-state index in [0.29, 0.717) is 22.1 Å². The first-order chi connectivity index (χ1) is 17.6.